The number of carbonyl (C=O) groups is 2. The third kappa shape index (κ3) is 3.41. The molecule has 2 aromatic rings. The van der Waals surface area contributed by atoms with E-state index in [1.165, 1.54) is 6.92 Å². The number of aryl methyl sites for hydroxylation is 2. The lowest BCUT2D eigenvalue weighted by atomic mass is 10.1. The molecule has 1 N–H and O–H groups in total. The molecule has 5 nitrogen and oxygen atoms in total. The number of nitrogens with zero attached hydrogens (tertiary/aromatic N) is 1. The number of amides is 1. The fourth-order valence-electron chi connectivity index (χ4n) is 2.26. The van der Waals surface area contributed by atoms with E-state index in [4.69, 9.17) is 9.68 Å². The van der Waals surface area contributed by atoms with E-state index in [1.807, 2.05) is 36.4 Å². The number of furan rings is 1. The molecule has 0 unspecified atom stereocenters. The van der Waals surface area contributed by atoms with E-state index in [-0.39, 0.29) is 35.1 Å². The maximum absolute atomic E-state index is 12.0. The Hall–Kier alpha value is -2.87. The van der Waals surface area contributed by atoms with Crippen molar-refractivity contribution in [2.24, 2.45) is 0 Å². The smallest absolute Gasteiger partial charge is 0.227 e. The lowest BCUT2D eigenvalue weighted by molar-refractivity contribution is -0.116. The lowest BCUT2D eigenvalue weighted by Crippen LogP contribution is -2.12. The molecular formula is C17H16N2O3. The maximum atomic E-state index is 12.0. The quantitative estimate of drug-likeness (QED) is 0.858. The Bertz CT molecular complexity index is 739. The molecule has 0 atom stereocenters. The highest BCUT2D eigenvalue weighted by atomic mass is 16.4. The summed E-state index contributed by atoms with van der Waals surface area (Å²) >= 11 is 0. The minimum absolute atomic E-state index is 0.0447. The first kappa shape index (κ1) is 15.5. The molecular weight excluding hydrogens is 280 g/mol. The van der Waals surface area contributed by atoms with Crippen LogP contribution in [-0.4, -0.2) is 11.7 Å². The molecule has 0 radical (unpaired) electrons. The van der Waals surface area contributed by atoms with Gasteiger partial charge in [-0.15, -0.1) is 0 Å². The van der Waals surface area contributed by atoms with Crippen LogP contribution in [0.4, 0.5) is 5.88 Å². The molecule has 0 saturated carbocycles. The van der Waals surface area contributed by atoms with Crippen LogP contribution < -0.4 is 5.32 Å². The average Bonchev–Trinajstić information content (AvgIpc) is 2.81. The topological polar surface area (TPSA) is 83.1 Å². The van der Waals surface area contributed by atoms with Crippen LogP contribution in [0.1, 0.15) is 40.6 Å². The van der Waals surface area contributed by atoms with Crippen LogP contribution in [0.25, 0.3) is 0 Å². The predicted octanol–water partition coefficient (Wildman–Crippen LogP) is 3.23. The number of hydrogen-bond donors (Lipinski definition) is 1. The summed E-state index contributed by atoms with van der Waals surface area (Å²) in [6.45, 7) is 2.96. The monoisotopic (exact) mass is 296 g/mol. The number of ketones is 1. The summed E-state index contributed by atoms with van der Waals surface area (Å²) in [6, 6.07) is 11.5. The van der Waals surface area contributed by atoms with Gasteiger partial charge in [-0.25, -0.2) is 0 Å². The highest BCUT2D eigenvalue weighted by Crippen LogP contribution is 2.26. The number of nitriles is 1. The zero-order valence-corrected chi connectivity index (χ0v) is 12.5. The van der Waals surface area contributed by atoms with Gasteiger partial charge in [0.2, 0.25) is 11.8 Å². The molecule has 1 heterocycles. The first-order valence-corrected chi connectivity index (χ1v) is 6.91. The molecule has 0 aliphatic heterocycles. The van der Waals surface area contributed by atoms with Crippen LogP contribution in [0.2, 0.25) is 0 Å². The summed E-state index contributed by atoms with van der Waals surface area (Å²) in [4.78, 5) is 23.5. The number of anilines is 1. The van der Waals surface area contributed by atoms with Crippen molar-refractivity contribution in [1.29, 1.82) is 5.26 Å². The summed E-state index contributed by atoms with van der Waals surface area (Å²) in [6.07, 6.45) is 0.859. The van der Waals surface area contributed by atoms with Gasteiger partial charge in [0.25, 0.3) is 0 Å². The lowest BCUT2D eigenvalue weighted by Gasteiger charge is -2.03. The Morgan fingerprint density at radius 3 is 2.55 bits per heavy atom. The van der Waals surface area contributed by atoms with Gasteiger partial charge in [0.05, 0.1) is 5.56 Å². The van der Waals surface area contributed by atoms with Crippen molar-refractivity contribution in [3.8, 4) is 6.07 Å². The van der Waals surface area contributed by atoms with Gasteiger partial charge in [0.15, 0.2) is 5.78 Å². The van der Waals surface area contributed by atoms with Crippen molar-refractivity contribution in [1.82, 2.24) is 0 Å². The molecule has 1 amide bonds. The number of nitrogens with one attached hydrogen (secondary N) is 1. The molecule has 1 aromatic heterocycles. The zero-order chi connectivity index (χ0) is 16.1. The molecule has 0 aliphatic rings. The number of Topliss-reactive ketones (excluding diaryl/α,β-unsaturated/α-hetero) is 1. The summed E-state index contributed by atoms with van der Waals surface area (Å²) in [5.74, 6) is -0.141. The molecule has 0 saturated heterocycles. The SMILES string of the molecule is CC(=O)c1c(C)oc(NC(=O)CCc2ccccc2)c1C#N. The van der Waals surface area contributed by atoms with Gasteiger partial charge in [0.1, 0.15) is 17.4 Å². The van der Waals surface area contributed by atoms with Crippen molar-refractivity contribution in [3.05, 3.63) is 52.8 Å². The Morgan fingerprint density at radius 2 is 1.95 bits per heavy atom. The Balaban J connectivity index is 2.08. The van der Waals surface area contributed by atoms with Crippen LogP contribution >= 0.6 is 0 Å². The summed E-state index contributed by atoms with van der Waals surface area (Å²) in [5.41, 5.74) is 1.36. The molecule has 0 fully saturated rings. The fourth-order valence-corrected chi connectivity index (χ4v) is 2.26. The number of benzene rings is 1. The van der Waals surface area contributed by atoms with E-state index in [0.29, 0.717) is 12.2 Å². The Labute approximate surface area is 128 Å². The highest BCUT2D eigenvalue weighted by Gasteiger charge is 2.22. The zero-order valence-electron chi connectivity index (χ0n) is 12.5. The highest BCUT2D eigenvalue weighted by molar-refractivity contribution is 6.00. The van der Waals surface area contributed by atoms with E-state index in [1.54, 1.807) is 6.92 Å². The first-order chi connectivity index (χ1) is 10.5. The van der Waals surface area contributed by atoms with Gasteiger partial charge >= 0.3 is 0 Å². The molecule has 2 rings (SSSR count). The van der Waals surface area contributed by atoms with Crippen LogP contribution in [-0.2, 0) is 11.2 Å². The molecule has 112 valence electrons. The Kier molecular flexibility index (Phi) is 4.74. The predicted molar refractivity (Wildman–Crippen MR) is 81.6 cm³/mol. The van der Waals surface area contributed by atoms with Crippen molar-refractivity contribution in [2.75, 3.05) is 5.32 Å². The van der Waals surface area contributed by atoms with Crippen LogP contribution in [0, 0.1) is 18.3 Å². The Morgan fingerprint density at radius 1 is 1.27 bits per heavy atom. The van der Waals surface area contributed by atoms with E-state index in [0.717, 1.165) is 5.56 Å². The van der Waals surface area contributed by atoms with Crippen molar-refractivity contribution >= 4 is 17.6 Å². The molecule has 0 bridgehead atoms. The standard InChI is InChI=1S/C17H16N2O3/c1-11(20)16-12(2)22-17(14(16)10-18)19-15(21)9-8-13-6-4-3-5-7-13/h3-7H,8-9H2,1-2H3,(H,19,21). The molecule has 0 aliphatic carbocycles. The van der Waals surface area contributed by atoms with E-state index in [9.17, 15) is 9.59 Å². The van der Waals surface area contributed by atoms with E-state index < -0.39 is 0 Å². The van der Waals surface area contributed by atoms with Gasteiger partial charge < -0.3 is 4.42 Å². The summed E-state index contributed by atoms with van der Waals surface area (Å²) in [7, 11) is 0. The number of carbonyl (C=O) groups excluding carboxylic acids is 2. The van der Waals surface area contributed by atoms with Crippen LogP contribution in [0.5, 0.6) is 0 Å². The van der Waals surface area contributed by atoms with E-state index in [2.05, 4.69) is 5.32 Å². The van der Waals surface area contributed by atoms with Gasteiger partial charge in [-0.05, 0) is 25.8 Å². The fraction of sp³-hybridized carbons (Fsp3) is 0.235. The number of hydrogen-bond acceptors (Lipinski definition) is 4. The van der Waals surface area contributed by atoms with Gasteiger partial charge in [-0.2, -0.15) is 5.26 Å². The third-order valence-corrected chi connectivity index (χ3v) is 3.28. The van der Waals surface area contributed by atoms with Gasteiger partial charge in [-0.1, -0.05) is 30.3 Å². The van der Waals surface area contributed by atoms with Gasteiger partial charge in [0, 0.05) is 6.42 Å². The van der Waals surface area contributed by atoms with Crippen molar-refractivity contribution in [2.45, 2.75) is 26.7 Å². The second-order valence-corrected chi connectivity index (χ2v) is 4.94. The van der Waals surface area contributed by atoms with Crippen molar-refractivity contribution in [3.63, 3.8) is 0 Å². The van der Waals surface area contributed by atoms with Gasteiger partial charge in [-0.3, -0.25) is 14.9 Å². The molecule has 0 spiro atoms. The third-order valence-electron chi connectivity index (χ3n) is 3.28. The maximum Gasteiger partial charge on any atom is 0.227 e. The minimum Gasteiger partial charge on any atom is -0.443 e. The second kappa shape index (κ2) is 6.72. The first-order valence-electron chi connectivity index (χ1n) is 6.91. The second-order valence-electron chi connectivity index (χ2n) is 4.94. The largest absolute Gasteiger partial charge is 0.443 e. The minimum atomic E-state index is -0.261. The molecule has 5 heteroatoms. The molecule has 22 heavy (non-hydrogen) atoms. The van der Waals surface area contributed by atoms with Crippen molar-refractivity contribution < 1.29 is 14.0 Å². The van der Waals surface area contributed by atoms with E-state index >= 15 is 0 Å². The molecule has 1 aromatic carbocycles. The summed E-state index contributed by atoms with van der Waals surface area (Å²) in [5, 5.41) is 11.7. The average molecular weight is 296 g/mol. The normalized spacial score (nSPS) is 10.0. The van der Waals surface area contributed by atoms with Crippen LogP contribution in [0.3, 0.4) is 0 Å². The van der Waals surface area contributed by atoms with Crippen LogP contribution in [0.15, 0.2) is 34.7 Å². The summed E-state index contributed by atoms with van der Waals surface area (Å²) < 4.78 is 5.35. The number of rotatable bonds is 5.